The highest BCUT2D eigenvalue weighted by Crippen LogP contribution is 2.15. The predicted octanol–water partition coefficient (Wildman–Crippen LogP) is 3.46. The minimum atomic E-state index is 0. The van der Waals surface area contributed by atoms with Crippen molar-refractivity contribution >= 4 is 29.9 Å². The van der Waals surface area contributed by atoms with E-state index in [1.54, 1.807) is 6.20 Å². The molecule has 1 fully saturated rings. The summed E-state index contributed by atoms with van der Waals surface area (Å²) in [7, 11) is 0. The number of ether oxygens (including phenoxy) is 1. The number of hydrogen-bond acceptors (Lipinski definition) is 3. The van der Waals surface area contributed by atoms with E-state index in [0.29, 0.717) is 12.6 Å². The van der Waals surface area contributed by atoms with Gasteiger partial charge < -0.3 is 15.0 Å². The maximum absolute atomic E-state index is 5.75. The molecule has 3 rings (SSSR count). The number of aliphatic imine (C=N–C) groups is 1. The zero-order valence-corrected chi connectivity index (χ0v) is 18.5. The summed E-state index contributed by atoms with van der Waals surface area (Å²) < 4.78 is 7.63. The monoisotopic (exact) mass is 483 g/mol. The van der Waals surface area contributed by atoms with Crippen molar-refractivity contribution in [2.45, 2.75) is 39.3 Å². The number of piperidine rings is 1. The molecule has 0 saturated carbocycles. The Morgan fingerprint density at radius 3 is 2.74 bits per heavy atom. The molecule has 148 valence electrons. The van der Waals surface area contributed by atoms with Crippen molar-refractivity contribution in [1.82, 2.24) is 20.0 Å². The lowest BCUT2D eigenvalue weighted by Crippen LogP contribution is -2.47. The van der Waals surface area contributed by atoms with Crippen LogP contribution in [-0.2, 0) is 11.3 Å². The zero-order chi connectivity index (χ0) is 18.2. The van der Waals surface area contributed by atoms with Crippen molar-refractivity contribution in [2.24, 2.45) is 4.99 Å². The number of aromatic nitrogens is 2. The predicted molar refractivity (Wildman–Crippen MR) is 120 cm³/mol. The molecule has 1 aliphatic heterocycles. The van der Waals surface area contributed by atoms with Gasteiger partial charge in [0.1, 0.15) is 0 Å². The molecule has 2 heterocycles. The quantitative estimate of drug-likeness (QED) is 0.389. The number of benzene rings is 1. The number of likely N-dealkylation sites (tertiary alicyclic amines) is 1. The summed E-state index contributed by atoms with van der Waals surface area (Å²) in [6.07, 6.45) is 6.26. The highest BCUT2D eigenvalue weighted by molar-refractivity contribution is 14.0. The van der Waals surface area contributed by atoms with Crippen LogP contribution in [0.15, 0.2) is 47.7 Å². The van der Waals surface area contributed by atoms with Crippen molar-refractivity contribution in [3.63, 3.8) is 0 Å². The van der Waals surface area contributed by atoms with Crippen LogP contribution in [0.25, 0.3) is 5.69 Å². The molecule has 1 aliphatic rings. The summed E-state index contributed by atoms with van der Waals surface area (Å²) in [6.45, 7) is 8.48. The van der Waals surface area contributed by atoms with E-state index in [1.807, 2.05) is 16.9 Å². The Hall–Kier alpha value is -1.61. The molecular formula is C20H30IN5O. The van der Waals surface area contributed by atoms with Crippen molar-refractivity contribution < 1.29 is 4.74 Å². The lowest BCUT2D eigenvalue weighted by Gasteiger charge is -2.34. The number of guanidine groups is 1. The van der Waals surface area contributed by atoms with Gasteiger partial charge in [-0.15, -0.1) is 24.0 Å². The van der Waals surface area contributed by atoms with E-state index in [-0.39, 0.29) is 24.0 Å². The van der Waals surface area contributed by atoms with Crippen LogP contribution in [0.3, 0.4) is 0 Å². The second-order valence-electron chi connectivity index (χ2n) is 6.43. The van der Waals surface area contributed by atoms with Crippen LogP contribution in [0.1, 0.15) is 32.3 Å². The van der Waals surface area contributed by atoms with Crippen LogP contribution in [0.5, 0.6) is 0 Å². The SMILES string of the molecule is CCNC(=NCc1cccc(-n2cccn2)c1)N1CCC(OCC)CC1.I. The molecule has 27 heavy (non-hydrogen) atoms. The van der Waals surface area contributed by atoms with Gasteiger partial charge in [-0.1, -0.05) is 12.1 Å². The highest BCUT2D eigenvalue weighted by Gasteiger charge is 2.21. The molecule has 1 saturated heterocycles. The van der Waals surface area contributed by atoms with Crippen LogP contribution in [0, 0.1) is 0 Å². The Morgan fingerprint density at radius 1 is 1.26 bits per heavy atom. The van der Waals surface area contributed by atoms with Crippen molar-refractivity contribution in [3.05, 3.63) is 48.3 Å². The summed E-state index contributed by atoms with van der Waals surface area (Å²) >= 11 is 0. The van der Waals surface area contributed by atoms with Crippen LogP contribution in [0.2, 0.25) is 0 Å². The van der Waals surface area contributed by atoms with Crippen LogP contribution < -0.4 is 5.32 Å². The maximum atomic E-state index is 5.75. The third kappa shape index (κ3) is 6.21. The van der Waals surface area contributed by atoms with E-state index in [1.165, 1.54) is 5.56 Å². The van der Waals surface area contributed by atoms with Gasteiger partial charge in [-0.25, -0.2) is 9.67 Å². The van der Waals surface area contributed by atoms with Gasteiger partial charge in [-0.05, 0) is 50.5 Å². The Morgan fingerprint density at radius 2 is 2.07 bits per heavy atom. The zero-order valence-electron chi connectivity index (χ0n) is 16.2. The number of halogens is 1. The Balaban J connectivity index is 0.00000261. The topological polar surface area (TPSA) is 54.7 Å². The summed E-state index contributed by atoms with van der Waals surface area (Å²) in [5, 5.41) is 7.73. The largest absolute Gasteiger partial charge is 0.378 e. The molecule has 0 radical (unpaired) electrons. The summed E-state index contributed by atoms with van der Waals surface area (Å²) in [6, 6.07) is 10.3. The molecule has 1 aromatic heterocycles. The third-order valence-electron chi connectivity index (χ3n) is 4.57. The number of nitrogens with one attached hydrogen (secondary N) is 1. The van der Waals surface area contributed by atoms with Gasteiger partial charge in [0.05, 0.1) is 18.3 Å². The van der Waals surface area contributed by atoms with E-state index in [9.17, 15) is 0 Å². The van der Waals surface area contributed by atoms with Gasteiger partial charge >= 0.3 is 0 Å². The standard InChI is InChI=1S/C20H29N5O.HI/c1-3-21-20(24-13-9-19(10-14-24)26-4-2)22-16-17-7-5-8-18(15-17)25-12-6-11-23-25;/h5-8,11-12,15,19H,3-4,9-10,13-14,16H2,1-2H3,(H,21,22);1H. The normalized spacial score (nSPS) is 15.5. The first-order chi connectivity index (χ1) is 12.8. The molecule has 0 bridgehead atoms. The van der Waals surface area contributed by atoms with Crippen molar-refractivity contribution in [3.8, 4) is 5.69 Å². The van der Waals surface area contributed by atoms with E-state index in [4.69, 9.17) is 9.73 Å². The van der Waals surface area contributed by atoms with E-state index >= 15 is 0 Å². The van der Waals surface area contributed by atoms with Gasteiger partial charge in [-0.2, -0.15) is 5.10 Å². The number of hydrogen-bond donors (Lipinski definition) is 1. The second-order valence-corrected chi connectivity index (χ2v) is 6.43. The molecule has 1 aromatic carbocycles. The summed E-state index contributed by atoms with van der Waals surface area (Å²) in [5.41, 5.74) is 2.24. The average molecular weight is 483 g/mol. The maximum Gasteiger partial charge on any atom is 0.194 e. The van der Waals surface area contributed by atoms with Crippen molar-refractivity contribution in [2.75, 3.05) is 26.2 Å². The van der Waals surface area contributed by atoms with Crippen LogP contribution in [0.4, 0.5) is 0 Å². The molecule has 6 nitrogen and oxygen atoms in total. The molecule has 0 spiro atoms. The Labute approximate surface area is 179 Å². The molecule has 0 atom stereocenters. The molecule has 2 aromatic rings. The van der Waals surface area contributed by atoms with Gasteiger partial charge in [-0.3, -0.25) is 0 Å². The lowest BCUT2D eigenvalue weighted by atomic mass is 10.1. The van der Waals surface area contributed by atoms with Crippen LogP contribution in [-0.4, -0.2) is 53.0 Å². The van der Waals surface area contributed by atoms with E-state index in [0.717, 1.165) is 50.7 Å². The molecule has 0 amide bonds. The molecule has 0 unspecified atom stereocenters. The van der Waals surface area contributed by atoms with Gasteiger partial charge in [0.15, 0.2) is 5.96 Å². The Bertz CT molecular complexity index is 696. The second kappa shape index (κ2) is 11.3. The highest BCUT2D eigenvalue weighted by atomic mass is 127. The summed E-state index contributed by atoms with van der Waals surface area (Å²) in [4.78, 5) is 7.21. The smallest absolute Gasteiger partial charge is 0.194 e. The average Bonchev–Trinajstić information content (AvgIpc) is 3.21. The fraction of sp³-hybridized carbons (Fsp3) is 0.500. The number of nitrogens with zero attached hydrogens (tertiary/aromatic N) is 4. The lowest BCUT2D eigenvalue weighted by molar-refractivity contribution is 0.0263. The van der Waals surface area contributed by atoms with Crippen LogP contribution >= 0.6 is 24.0 Å². The van der Waals surface area contributed by atoms with Gasteiger partial charge in [0.25, 0.3) is 0 Å². The summed E-state index contributed by atoms with van der Waals surface area (Å²) in [5.74, 6) is 0.993. The minimum Gasteiger partial charge on any atom is -0.378 e. The van der Waals surface area contributed by atoms with Gasteiger partial charge in [0, 0.05) is 38.6 Å². The van der Waals surface area contributed by atoms with E-state index in [2.05, 4.69) is 53.4 Å². The molecule has 0 aliphatic carbocycles. The fourth-order valence-electron chi connectivity index (χ4n) is 3.28. The first-order valence-electron chi connectivity index (χ1n) is 9.54. The molecule has 7 heteroatoms. The molecule has 1 N–H and O–H groups in total. The first-order valence-corrected chi connectivity index (χ1v) is 9.54. The third-order valence-corrected chi connectivity index (χ3v) is 4.57. The van der Waals surface area contributed by atoms with Gasteiger partial charge in [0.2, 0.25) is 0 Å². The number of rotatable bonds is 6. The Kier molecular flexibility index (Phi) is 9.06. The fourth-order valence-corrected chi connectivity index (χ4v) is 3.28. The van der Waals surface area contributed by atoms with E-state index < -0.39 is 0 Å². The minimum absolute atomic E-state index is 0. The first kappa shape index (κ1) is 21.7. The molecular weight excluding hydrogens is 453 g/mol. The van der Waals surface area contributed by atoms with Crippen molar-refractivity contribution in [1.29, 1.82) is 0 Å².